The molecule has 0 aliphatic heterocycles. The van der Waals surface area contributed by atoms with E-state index in [4.69, 9.17) is 10.6 Å². The fourth-order valence-electron chi connectivity index (χ4n) is 2.07. The van der Waals surface area contributed by atoms with E-state index >= 15 is 0 Å². The molecule has 17 heavy (non-hydrogen) atoms. The third kappa shape index (κ3) is 3.26. The second-order valence-corrected chi connectivity index (χ2v) is 4.31. The van der Waals surface area contributed by atoms with Crippen LogP contribution < -0.4 is 16.0 Å². The van der Waals surface area contributed by atoms with Crippen LogP contribution in [0.3, 0.4) is 0 Å². The molecule has 0 atom stereocenters. The molecule has 1 aromatic rings. The molecule has 0 radical (unpaired) electrons. The highest BCUT2D eigenvalue weighted by molar-refractivity contribution is 5.26. The molecule has 1 heterocycles. The SMILES string of the molecule is NNc1ncc(F)c(OCC2CCCCC2)n1. The maximum Gasteiger partial charge on any atom is 0.255 e. The van der Waals surface area contributed by atoms with Crippen molar-refractivity contribution in [1.82, 2.24) is 9.97 Å². The highest BCUT2D eigenvalue weighted by Crippen LogP contribution is 2.24. The second kappa shape index (κ2) is 5.77. The highest BCUT2D eigenvalue weighted by atomic mass is 19.1. The minimum absolute atomic E-state index is 0.0291. The number of hydrogen-bond acceptors (Lipinski definition) is 5. The van der Waals surface area contributed by atoms with Gasteiger partial charge >= 0.3 is 0 Å². The quantitative estimate of drug-likeness (QED) is 0.620. The Bertz CT molecular complexity index is 368. The standard InChI is InChI=1S/C11H17FN4O/c12-9-6-14-11(16-13)15-10(9)17-7-8-4-2-1-3-5-8/h6,8H,1-5,7,13H2,(H,14,15,16). The van der Waals surface area contributed by atoms with Crippen molar-refractivity contribution in [3.8, 4) is 5.88 Å². The smallest absolute Gasteiger partial charge is 0.255 e. The number of anilines is 1. The topological polar surface area (TPSA) is 73.1 Å². The zero-order valence-electron chi connectivity index (χ0n) is 9.66. The highest BCUT2D eigenvalue weighted by Gasteiger charge is 2.16. The largest absolute Gasteiger partial charge is 0.475 e. The van der Waals surface area contributed by atoms with E-state index in [9.17, 15) is 4.39 Å². The van der Waals surface area contributed by atoms with Gasteiger partial charge in [0.15, 0.2) is 0 Å². The zero-order valence-corrected chi connectivity index (χ0v) is 9.66. The first-order valence-corrected chi connectivity index (χ1v) is 5.91. The normalized spacial score (nSPS) is 16.8. The van der Waals surface area contributed by atoms with Crippen molar-refractivity contribution in [3.63, 3.8) is 0 Å². The number of nitrogen functional groups attached to an aromatic ring is 1. The summed E-state index contributed by atoms with van der Waals surface area (Å²) in [7, 11) is 0. The summed E-state index contributed by atoms with van der Waals surface area (Å²) < 4.78 is 18.7. The Balaban J connectivity index is 1.92. The van der Waals surface area contributed by atoms with Gasteiger partial charge in [0.05, 0.1) is 12.8 Å². The molecule has 0 amide bonds. The summed E-state index contributed by atoms with van der Waals surface area (Å²) in [5.74, 6) is 5.23. The predicted molar refractivity (Wildman–Crippen MR) is 61.9 cm³/mol. The first-order valence-electron chi connectivity index (χ1n) is 5.91. The van der Waals surface area contributed by atoms with Crippen molar-refractivity contribution in [1.29, 1.82) is 0 Å². The van der Waals surface area contributed by atoms with Crippen molar-refractivity contribution < 1.29 is 9.13 Å². The molecular formula is C11H17FN4O. The van der Waals surface area contributed by atoms with Crippen LogP contribution in [0.15, 0.2) is 6.20 Å². The molecule has 6 heteroatoms. The van der Waals surface area contributed by atoms with Crippen molar-refractivity contribution in [2.24, 2.45) is 11.8 Å². The van der Waals surface area contributed by atoms with Gasteiger partial charge in [-0.2, -0.15) is 9.37 Å². The molecule has 1 saturated carbocycles. The fraction of sp³-hybridized carbons (Fsp3) is 0.636. The van der Waals surface area contributed by atoms with Crippen molar-refractivity contribution in [2.75, 3.05) is 12.0 Å². The van der Waals surface area contributed by atoms with Crippen molar-refractivity contribution in [3.05, 3.63) is 12.0 Å². The molecule has 0 spiro atoms. The first kappa shape index (κ1) is 12.0. The van der Waals surface area contributed by atoms with Gasteiger partial charge in [-0.05, 0) is 18.8 Å². The Morgan fingerprint density at radius 2 is 2.18 bits per heavy atom. The van der Waals surface area contributed by atoms with Crippen LogP contribution in [0.25, 0.3) is 0 Å². The third-order valence-corrected chi connectivity index (χ3v) is 3.02. The number of halogens is 1. The van der Waals surface area contributed by atoms with Crippen LogP contribution in [-0.2, 0) is 0 Å². The molecule has 1 aliphatic rings. The summed E-state index contributed by atoms with van der Waals surface area (Å²) in [5.41, 5.74) is 2.26. The molecule has 3 N–H and O–H groups in total. The molecule has 0 bridgehead atoms. The molecule has 5 nitrogen and oxygen atoms in total. The molecule has 94 valence electrons. The molecular weight excluding hydrogens is 223 g/mol. The minimum Gasteiger partial charge on any atom is -0.475 e. The van der Waals surface area contributed by atoms with E-state index in [1.807, 2.05) is 0 Å². The Morgan fingerprint density at radius 1 is 1.41 bits per heavy atom. The number of aromatic nitrogens is 2. The van der Waals surface area contributed by atoms with E-state index in [2.05, 4.69) is 15.4 Å². The third-order valence-electron chi connectivity index (χ3n) is 3.02. The fourth-order valence-corrected chi connectivity index (χ4v) is 2.07. The lowest BCUT2D eigenvalue weighted by molar-refractivity contribution is 0.195. The van der Waals surface area contributed by atoms with E-state index in [1.54, 1.807) is 0 Å². The average molecular weight is 240 g/mol. The number of nitrogens with two attached hydrogens (primary N) is 1. The summed E-state index contributed by atoms with van der Waals surface area (Å²) in [6.45, 7) is 0.512. The summed E-state index contributed by atoms with van der Waals surface area (Å²) in [6, 6.07) is 0. The summed E-state index contributed by atoms with van der Waals surface area (Å²) >= 11 is 0. The Kier molecular flexibility index (Phi) is 4.08. The van der Waals surface area contributed by atoms with E-state index in [1.165, 1.54) is 19.3 Å². The van der Waals surface area contributed by atoms with Crippen molar-refractivity contribution in [2.45, 2.75) is 32.1 Å². The van der Waals surface area contributed by atoms with Gasteiger partial charge in [0.25, 0.3) is 5.88 Å². The van der Waals surface area contributed by atoms with Gasteiger partial charge in [-0.3, -0.25) is 5.43 Å². The van der Waals surface area contributed by atoms with Crippen LogP contribution in [0.1, 0.15) is 32.1 Å². The van der Waals surface area contributed by atoms with Crippen LogP contribution in [-0.4, -0.2) is 16.6 Å². The maximum atomic E-state index is 13.3. The van der Waals surface area contributed by atoms with Crippen LogP contribution in [0.4, 0.5) is 10.3 Å². The lowest BCUT2D eigenvalue weighted by Crippen LogP contribution is -2.17. The Hall–Kier alpha value is -1.43. The molecule has 0 aromatic carbocycles. The van der Waals surface area contributed by atoms with Gasteiger partial charge in [-0.25, -0.2) is 10.8 Å². The van der Waals surface area contributed by atoms with E-state index in [0.29, 0.717) is 12.5 Å². The van der Waals surface area contributed by atoms with E-state index in [-0.39, 0.29) is 11.8 Å². The first-order chi connectivity index (χ1) is 8.29. The number of rotatable bonds is 4. The van der Waals surface area contributed by atoms with Gasteiger partial charge in [-0.1, -0.05) is 19.3 Å². The Morgan fingerprint density at radius 3 is 2.88 bits per heavy atom. The van der Waals surface area contributed by atoms with Crippen LogP contribution >= 0.6 is 0 Å². The zero-order chi connectivity index (χ0) is 12.1. The molecule has 2 rings (SSSR count). The van der Waals surface area contributed by atoms with Gasteiger partial charge in [0.2, 0.25) is 11.8 Å². The van der Waals surface area contributed by atoms with Gasteiger partial charge in [0.1, 0.15) is 0 Å². The monoisotopic (exact) mass is 240 g/mol. The van der Waals surface area contributed by atoms with Crippen LogP contribution in [0, 0.1) is 11.7 Å². The molecule has 1 aromatic heterocycles. The van der Waals surface area contributed by atoms with E-state index < -0.39 is 5.82 Å². The minimum atomic E-state index is -0.556. The van der Waals surface area contributed by atoms with Gasteiger partial charge < -0.3 is 4.74 Å². The second-order valence-electron chi connectivity index (χ2n) is 4.31. The van der Waals surface area contributed by atoms with Crippen LogP contribution in [0.5, 0.6) is 5.88 Å². The predicted octanol–water partition coefficient (Wildman–Crippen LogP) is 1.86. The number of ether oxygens (including phenoxy) is 1. The summed E-state index contributed by atoms with van der Waals surface area (Å²) in [4.78, 5) is 7.48. The number of nitrogens with one attached hydrogen (secondary N) is 1. The summed E-state index contributed by atoms with van der Waals surface area (Å²) in [6.07, 6.45) is 7.10. The number of hydrazine groups is 1. The van der Waals surface area contributed by atoms with Gasteiger partial charge in [0, 0.05) is 0 Å². The molecule has 0 unspecified atom stereocenters. The van der Waals surface area contributed by atoms with E-state index in [0.717, 1.165) is 19.0 Å². The summed E-state index contributed by atoms with van der Waals surface area (Å²) in [5, 5.41) is 0. The number of nitrogens with zero attached hydrogens (tertiary/aromatic N) is 2. The molecule has 0 saturated heterocycles. The average Bonchev–Trinajstić information content (AvgIpc) is 2.39. The van der Waals surface area contributed by atoms with Gasteiger partial charge in [-0.15, -0.1) is 0 Å². The lowest BCUT2D eigenvalue weighted by atomic mass is 9.90. The lowest BCUT2D eigenvalue weighted by Gasteiger charge is -2.21. The van der Waals surface area contributed by atoms with Crippen molar-refractivity contribution >= 4 is 5.95 Å². The maximum absolute atomic E-state index is 13.3. The number of hydrogen-bond donors (Lipinski definition) is 2. The molecule has 1 aliphatic carbocycles. The van der Waals surface area contributed by atoms with Crippen LogP contribution in [0.2, 0.25) is 0 Å². The molecule has 1 fully saturated rings. The Labute approximate surface area is 99.6 Å².